The fourth-order valence-electron chi connectivity index (χ4n) is 4.86. The van der Waals surface area contributed by atoms with E-state index in [1.54, 1.807) is 4.90 Å². The van der Waals surface area contributed by atoms with Gasteiger partial charge in [0.25, 0.3) is 0 Å². The molecular weight excluding hydrogens is 384 g/mol. The van der Waals surface area contributed by atoms with Gasteiger partial charge in [-0.15, -0.1) is 0 Å². The van der Waals surface area contributed by atoms with Crippen molar-refractivity contribution in [3.63, 3.8) is 0 Å². The van der Waals surface area contributed by atoms with Gasteiger partial charge in [0.1, 0.15) is 11.5 Å². The Morgan fingerprint density at radius 3 is 2.66 bits per heavy atom. The summed E-state index contributed by atoms with van der Waals surface area (Å²) in [6.07, 6.45) is 2.13. The third-order valence-corrected chi connectivity index (χ3v) is 6.43. The first-order chi connectivity index (χ1) is 13.8. The monoisotopic (exact) mass is 405 g/mol. The molecular formula is C20H21F2N3O4. The second-order valence-corrected chi connectivity index (χ2v) is 8.25. The van der Waals surface area contributed by atoms with Crippen LogP contribution >= 0.6 is 0 Å². The number of hydrogen-bond acceptors (Lipinski definition) is 5. The van der Waals surface area contributed by atoms with E-state index < -0.39 is 29.0 Å². The number of nitrogens with zero attached hydrogens (tertiary/aromatic N) is 3. The molecule has 9 heteroatoms. The topological polar surface area (TPSA) is 75.0 Å². The average Bonchev–Trinajstić information content (AvgIpc) is 3.33. The lowest BCUT2D eigenvalue weighted by atomic mass is 10.1. The van der Waals surface area contributed by atoms with Crippen molar-refractivity contribution in [3.05, 3.63) is 34.1 Å². The molecule has 0 bridgehead atoms. The Morgan fingerprint density at radius 1 is 1.24 bits per heavy atom. The second kappa shape index (κ2) is 6.41. The van der Waals surface area contributed by atoms with Crippen LogP contribution in [0, 0.1) is 17.6 Å². The number of carbonyl (C=O) groups is 1. The van der Waals surface area contributed by atoms with Crippen LogP contribution in [0.4, 0.5) is 19.3 Å². The van der Waals surface area contributed by atoms with Crippen LogP contribution in [0.25, 0.3) is 10.9 Å². The molecule has 3 heterocycles. The van der Waals surface area contributed by atoms with Crippen molar-refractivity contribution in [1.82, 2.24) is 9.47 Å². The Bertz CT molecular complexity index is 1080. The molecule has 0 spiro atoms. The first-order valence-electron chi connectivity index (χ1n) is 9.78. The number of ether oxygens (including phenoxy) is 1. The summed E-state index contributed by atoms with van der Waals surface area (Å²) >= 11 is 0. The highest BCUT2D eigenvalue weighted by atomic mass is 19.1. The molecule has 1 aromatic carbocycles. The van der Waals surface area contributed by atoms with Gasteiger partial charge < -0.3 is 24.2 Å². The highest BCUT2D eigenvalue weighted by Gasteiger charge is 2.41. The normalized spacial score (nSPS) is 24.3. The van der Waals surface area contributed by atoms with Crippen molar-refractivity contribution < 1.29 is 23.4 Å². The molecule has 5 rings (SSSR count). The van der Waals surface area contributed by atoms with Crippen LogP contribution in [0.1, 0.15) is 25.3 Å². The van der Waals surface area contributed by atoms with Crippen molar-refractivity contribution in [2.24, 2.45) is 5.92 Å². The number of rotatable bonds is 3. The van der Waals surface area contributed by atoms with Crippen molar-refractivity contribution >= 4 is 22.7 Å². The van der Waals surface area contributed by atoms with E-state index in [1.807, 2.05) is 7.05 Å². The minimum absolute atomic E-state index is 0.0112. The fourth-order valence-corrected chi connectivity index (χ4v) is 4.86. The minimum Gasteiger partial charge on any atom is -0.449 e. The SMILES string of the molecule is CN1CCC2CN(c3c(F)cc4c(=O)c(OC(=O)O)cn(C5CC5)c4c3F)CC21. The molecule has 2 aromatic rings. The molecule has 1 saturated carbocycles. The number of halogens is 2. The number of likely N-dealkylation sites (tertiary alicyclic amines) is 1. The van der Waals surface area contributed by atoms with Crippen molar-refractivity contribution in [3.8, 4) is 5.75 Å². The van der Waals surface area contributed by atoms with Gasteiger partial charge >= 0.3 is 6.16 Å². The van der Waals surface area contributed by atoms with Crippen LogP contribution in [0.2, 0.25) is 0 Å². The average molecular weight is 405 g/mol. The largest absolute Gasteiger partial charge is 0.511 e. The molecule has 0 amide bonds. The molecule has 2 unspecified atom stereocenters. The zero-order valence-corrected chi connectivity index (χ0v) is 15.9. The molecule has 1 aliphatic carbocycles. The second-order valence-electron chi connectivity index (χ2n) is 8.25. The van der Waals surface area contributed by atoms with Crippen LogP contribution in [0.15, 0.2) is 17.1 Å². The summed E-state index contributed by atoms with van der Waals surface area (Å²) < 4.78 is 36.8. The number of pyridine rings is 1. The number of benzene rings is 1. The van der Waals surface area contributed by atoms with Gasteiger partial charge in [-0.05, 0) is 44.8 Å². The summed E-state index contributed by atoms with van der Waals surface area (Å²) in [6.45, 7) is 2.09. The van der Waals surface area contributed by atoms with Gasteiger partial charge in [-0.25, -0.2) is 13.6 Å². The Kier molecular flexibility index (Phi) is 4.06. The summed E-state index contributed by atoms with van der Waals surface area (Å²) in [5, 5.41) is 8.67. The van der Waals surface area contributed by atoms with Crippen molar-refractivity contribution in [2.75, 3.05) is 31.6 Å². The van der Waals surface area contributed by atoms with E-state index in [2.05, 4.69) is 9.64 Å². The molecule has 1 N–H and O–H groups in total. The number of carboxylic acid groups (broad SMARTS) is 1. The predicted molar refractivity (Wildman–Crippen MR) is 102 cm³/mol. The molecule has 29 heavy (non-hydrogen) atoms. The molecule has 2 atom stereocenters. The summed E-state index contributed by atoms with van der Waals surface area (Å²) in [5.41, 5.74) is -0.931. The predicted octanol–water partition coefficient (Wildman–Crippen LogP) is 2.81. The Labute approximate surface area is 165 Å². The lowest BCUT2D eigenvalue weighted by Gasteiger charge is -2.24. The summed E-state index contributed by atoms with van der Waals surface area (Å²) in [7, 11) is 2.02. The molecule has 0 radical (unpaired) electrons. The molecule has 154 valence electrons. The first-order valence-corrected chi connectivity index (χ1v) is 9.78. The van der Waals surface area contributed by atoms with Gasteiger partial charge in [-0.3, -0.25) is 4.79 Å². The maximum Gasteiger partial charge on any atom is 0.511 e. The van der Waals surface area contributed by atoms with E-state index in [4.69, 9.17) is 5.11 Å². The van der Waals surface area contributed by atoms with Gasteiger partial charge in [-0.1, -0.05) is 0 Å². The third kappa shape index (κ3) is 2.87. The molecule has 3 fully saturated rings. The lowest BCUT2D eigenvalue weighted by Crippen LogP contribution is -2.32. The summed E-state index contributed by atoms with van der Waals surface area (Å²) in [6, 6.07) is 1.22. The van der Waals surface area contributed by atoms with Gasteiger partial charge in [0.2, 0.25) is 5.43 Å². The number of fused-ring (bicyclic) bond motifs is 2. The quantitative estimate of drug-likeness (QED) is 0.792. The molecule has 2 aliphatic heterocycles. The summed E-state index contributed by atoms with van der Waals surface area (Å²) in [4.78, 5) is 27.5. The van der Waals surface area contributed by atoms with Crippen LogP contribution in [-0.4, -0.2) is 53.5 Å². The Hall–Kier alpha value is -2.68. The van der Waals surface area contributed by atoms with E-state index in [1.165, 1.54) is 10.8 Å². The zero-order chi connectivity index (χ0) is 20.4. The molecule has 3 aliphatic rings. The van der Waals surface area contributed by atoms with Gasteiger partial charge in [0.15, 0.2) is 11.6 Å². The maximum atomic E-state index is 15.7. The highest BCUT2D eigenvalue weighted by molar-refractivity contribution is 5.86. The van der Waals surface area contributed by atoms with Gasteiger partial charge in [0.05, 0.1) is 17.1 Å². The van der Waals surface area contributed by atoms with Gasteiger partial charge in [0, 0.05) is 25.2 Å². The lowest BCUT2D eigenvalue weighted by molar-refractivity contribution is 0.143. The van der Waals surface area contributed by atoms with E-state index >= 15 is 8.78 Å². The fraction of sp³-hybridized carbons (Fsp3) is 0.500. The standard InChI is InChI=1S/C20H21F2N3O4/c1-23-5-4-10-7-24(8-14(10)23)18-13(21)6-12-17(16(18)22)25(11-2-3-11)9-15(19(12)26)29-20(27)28/h6,9-11,14H,2-5,7-8H2,1H3,(H,27,28). The van der Waals surface area contributed by atoms with Gasteiger partial charge in [-0.2, -0.15) is 0 Å². The third-order valence-electron chi connectivity index (χ3n) is 6.43. The van der Waals surface area contributed by atoms with E-state index in [0.29, 0.717) is 19.0 Å². The van der Waals surface area contributed by atoms with Crippen LogP contribution in [-0.2, 0) is 0 Å². The zero-order valence-electron chi connectivity index (χ0n) is 15.9. The smallest absolute Gasteiger partial charge is 0.449 e. The Balaban J connectivity index is 1.67. The van der Waals surface area contributed by atoms with E-state index in [0.717, 1.165) is 31.9 Å². The van der Waals surface area contributed by atoms with E-state index in [9.17, 15) is 9.59 Å². The maximum absolute atomic E-state index is 15.7. The number of anilines is 1. The molecule has 7 nitrogen and oxygen atoms in total. The molecule has 2 saturated heterocycles. The van der Waals surface area contributed by atoms with Crippen molar-refractivity contribution in [1.29, 1.82) is 0 Å². The number of aromatic nitrogens is 1. The molecule has 1 aromatic heterocycles. The Morgan fingerprint density at radius 2 is 2.00 bits per heavy atom. The van der Waals surface area contributed by atoms with Crippen molar-refractivity contribution in [2.45, 2.75) is 31.3 Å². The first kappa shape index (κ1) is 18.4. The minimum atomic E-state index is -1.64. The van der Waals surface area contributed by atoms with Crippen LogP contribution in [0.3, 0.4) is 0 Å². The number of hydrogen-bond donors (Lipinski definition) is 1. The summed E-state index contributed by atoms with van der Waals surface area (Å²) in [5.74, 6) is -1.66. The van der Waals surface area contributed by atoms with Crippen LogP contribution in [0.5, 0.6) is 5.75 Å². The van der Waals surface area contributed by atoms with Crippen LogP contribution < -0.4 is 15.1 Å². The number of likely N-dealkylation sites (N-methyl/N-ethyl adjacent to an activating group) is 1. The highest BCUT2D eigenvalue weighted by Crippen LogP contribution is 2.42. The van der Waals surface area contributed by atoms with E-state index in [-0.39, 0.29) is 28.7 Å².